The molecule has 92 valence electrons. The Kier molecular flexibility index (Phi) is 2.86. The highest BCUT2D eigenvalue weighted by atomic mass is 16.1. The molecule has 1 N–H and O–H groups in total. The van der Waals surface area contributed by atoms with Gasteiger partial charge in [-0.2, -0.15) is 5.21 Å². The summed E-state index contributed by atoms with van der Waals surface area (Å²) in [7, 11) is 0. The minimum absolute atomic E-state index is 0.417. The number of benzene rings is 2. The van der Waals surface area contributed by atoms with E-state index in [0.29, 0.717) is 17.0 Å². The minimum atomic E-state index is 0.417. The van der Waals surface area contributed by atoms with E-state index in [1.807, 2.05) is 42.5 Å². The summed E-state index contributed by atoms with van der Waals surface area (Å²) in [6, 6.07) is 15.3. The van der Waals surface area contributed by atoms with Crippen LogP contribution in [0, 0.1) is 0 Å². The third-order valence-corrected chi connectivity index (χ3v) is 2.90. The lowest BCUT2D eigenvalue weighted by Crippen LogP contribution is -1.94. The molecule has 0 amide bonds. The van der Waals surface area contributed by atoms with Gasteiger partial charge in [-0.3, -0.25) is 4.79 Å². The van der Waals surface area contributed by atoms with Gasteiger partial charge in [-0.05, 0) is 16.3 Å². The van der Waals surface area contributed by atoms with Gasteiger partial charge in [0.25, 0.3) is 0 Å². The third kappa shape index (κ3) is 2.01. The van der Waals surface area contributed by atoms with E-state index < -0.39 is 0 Å². The van der Waals surface area contributed by atoms with Crippen LogP contribution in [0.3, 0.4) is 0 Å². The maximum Gasteiger partial charge on any atom is 0.205 e. The number of aromatic amines is 1. The molecule has 0 atom stereocenters. The maximum absolute atomic E-state index is 11.4. The van der Waals surface area contributed by atoms with E-state index in [1.165, 1.54) is 0 Å². The van der Waals surface area contributed by atoms with Crippen molar-refractivity contribution in [3.05, 3.63) is 54.1 Å². The first-order valence-electron chi connectivity index (χ1n) is 5.77. The molecule has 2 aromatic carbocycles. The highest BCUT2D eigenvalue weighted by molar-refractivity contribution is 5.95. The summed E-state index contributed by atoms with van der Waals surface area (Å²) in [5.74, 6) is 0.417. The number of H-pyrrole nitrogens is 1. The number of aromatic nitrogens is 4. The van der Waals surface area contributed by atoms with Gasteiger partial charge in [-0.25, -0.2) is 0 Å². The number of hydrogen-bond donors (Lipinski definition) is 1. The predicted molar refractivity (Wildman–Crippen MR) is 70.4 cm³/mol. The van der Waals surface area contributed by atoms with Crippen LogP contribution in [0.1, 0.15) is 10.4 Å². The molecule has 0 aliphatic heterocycles. The average Bonchev–Trinajstić information content (AvgIpc) is 3.01. The van der Waals surface area contributed by atoms with Gasteiger partial charge in [0.1, 0.15) is 0 Å². The van der Waals surface area contributed by atoms with Crippen LogP contribution in [0.15, 0.2) is 48.5 Å². The minimum Gasteiger partial charge on any atom is -0.298 e. The molecule has 0 radical (unpaired) electrons. The van der Waals surface area contributed by atoms with Gasteiger partial charge in [0, 0.05) is 11.1 Å². The van der Waals surface area contributed by atoms with E-state index in [-0.39, 0.29) is 0 Å². The molecule has 0 bridgehead atoms. The zero-order chi connectivity index (χ0) is 13.1. The van der Waals surface area contributed by atoms with E-state index >= 15 is 0 Å². The van der Waals surface area contributed by atoms with E-state index in [0.717, 1.165) is 17.4 Å². The Morgan fingerprint density at radius 3 is 2.42 bits per heavy atom. The van der Waals surface area contributed by atoms with Crippen molar-refractivity contribution in [2.45, 2.75) is 0 Å². The first-order valence-corrected chi connectivity index (χ1v) is 5.77. The molecule has 0 saturated heterocycles. The van der Waals surface area contributed by atoms with Crippen molar-refractivity contribution in [3.63, 3.8) is 0 Å². The second-order valence-corrected chi connectivity index (χ2v) is 3.99. The molecule has 19 heavy (non-hydrogen) atoms. The largest absolute Gasteiger partial charge is 0.298 e. The van der Waals surface area contributed by atoms with Crippen molar-refractivity contribution in [3.8, 4) is 22.5 Å². The Hall–Kier alpha value is -2.82. The second kappa shape index (κ2) is 4.81. The molecule has 0 spiro atoms. The molecule has 0 saturated carbocycles. The fourth-order valence-corrected chi connectivity index (χ4v) is 2.03. The fraction of sp³-hybridized carbons (Fsp3) is 0. The highest BCUT2D eigenvalue weighted by Crippen LogP contribution is 2.29. The number of aldehydes is 1. The lowest BCUT2D eigenvalue weighted by Gasteiger charge is -2.08. The summed E-state index contributed by atoms with van der Waals surface area (Å²) in [4.78, 5) is 11.4. The second-order valence-electron chi connectivity index (χ2n) is 3.99. The molecule has 1 aromatic heterocycles. The van der Waals surface area contributed by atoms with Crippen LogP contribution in [0.25, 0.3) is 22.5 Å². The van der Waals surface area contributed by atoms with E-state index in [9.17, 15) is 4.79 Å². The number of tetrazole rings is 1. The third-order valence-electron chi connectivity index (χ3n) is 2.90. The number of carbonyl (C=O) groups excluding carboxylic acids is 1. The molecular formula is C14H10N4O. The number of hydrogen-bond acceptors (Lipinski definition) is 4. The first-order chi connectivity index (χ1) is 9.40. The highest BCUT2D eigenvalue weighted by Gasteiger charge is 2.13. The van der Waals surface area contributed by atoms with Crippen LogP contribution in [0.5, 0.6) is 0 Å². The van der Waals surface area contributed by atoms with Crippen LogP contribution in [0.2, 0.25) is 0 Å². The summed E-state index contributed by atoms with van der Waals surface area (Å²) in [5.41, 5.74) is 3.08. The molecular weight excluding hydrogens is 240 g/mol. The Balaban J connectivity index is 2.22. The van der Waals surface area contributed by atoms with E-state index in [1.54, 1.807) is 6.07 Å². The van der Waals surface area contributed by atoms with Gasteiger partial charge in [0.15, 0.2) is 6.29 Å². The number of rotatable bonds is 3. The number of carbonyl (C=O) groups is 1. The molecule has 1 heterocycles. The van der Waals surface area contributed by atoms with E-state index in [2.05, 4.69) is 20.6 Å². The lowest BCUT2D eigenvalue weighted by molar-refractivity contribution is 0.112. The van der Waals surface area contributed by atoms with Crippen molar-refractivity contribution < 1.29 is 4.79 Å². The lowest BCUT2D eigenvalue weighted by atomic mass is 9.96. The van der Waals surface area contributed by atoms with Crippen LogP contribution >= 0.6 is 0 Å². The number of nitrogens with one attached hydrogen (secondary N) is 1. The van der Waals surface area contributed by atoms with Gasteiger partial charge in [0.2, 0.25) is 5.82 Å². The molecule has 3 rings (SSSR count). The zero-order valence-electron chi connectivity index (χ0n) is 9.95. The fourth-order valence-electron chi connectivity index (χ4n) is 2.03. The molecule has 0 unspecified atom stereocenters. The summed E-state index contributed by atoms with van der Waals surface area (Å²) >= 11 is 0. The summed E-state index contributed by atoms with van der Waals surface area (Å²) in [6.07, 6.45) is 0.827. The SMILES string of the molecule is O=Cc1c(-c2ccccc2)cccc1-c1nn[nH]n1. The van der Waals surface area contributed by atoms with Gasteiger partial charge in [-0.15, -0.1) is 10.2 Å². The smallest absolute Gasteiger partial charge is 0.205 e. The molecule has 5 heteroatoms. The van der Waals surface area contributed by atoms with Crippen molar-refractivity contribution in [2.24, 2.45) is 0 Å². The summed E-state index contributed by atoms with van der Waals surface area (Å²) in [6.45, 7) is 0. The van der Waals surface area contributed by atoms with Crippen LogP contribution in [0.4, 0.5) is 0 Å². The Morgan fingerprint density at radius 2 is 1.74 bits per heavy atom. The van der Waals surface area contributed by atoms with Crippen LogP contribution < -0.4 is 0 Å². The topological polar surface area (TPSA) is 71.5 Å². The summed E-state index contributed by atoms with van der Waals surface area (Å²) in [5, 5.41) is 13.8. The van der Waals surface area contributed by atoms with Gasteiger partial charge in [-0.1, -0.05) is 48.5 Å². The monoisotopic (exact) mass is 250 g/mol. The Bertz CT molecular complexity index is 693. The van der Waals surface area contributed by atoms with Crippen LogP contribution in [-0.4, -0.2) is 26.9 Å². The molecule has 5 nitrogen and oxygen atoms in total. The average molecular weight is 250 g/mol. The normalized spacial score (nSPS) is 10.3. The predicted octanol–water partition coefficient (Wildman–Crippen LogP) is 2.35. The van der Waals surface area contributed by atoms with E-state index in [4.69, 9.17) is 0 Å². The van der Waals surface area contributed by atoms with Gasteiger partial charge < -0.3 is 0 Å². The number of nitrogens with zero attached hydrogens (tertiary/aromatic N) is 3. The molecule has 0 aliphatic rings. The zero-order valence-corrected chi connectivity index (χ0v) is 9.95. The van der Waals surface area contributed by atoms with Crippen molar-refractivity contribution in [1.82, 2.24) is 20.6 Å². The van der Waals surface area contributed by atoms with Crippen molar-refractivity contribution in [1.29, 1.82) is 0 Å². The Morgan fingerprint density at radius 1 is 0.947 bits per heavy atom. The molecule has 0 fully saturated rings. The summed E-state index contributed by atoms with van der Waals surface area (Å²) < 4.78 is 0. The van der Waals surface area contributed by atoms with Crippen molar-refractivity contribution in [2.75, 3.05) is 0 Å². The Labute approximate surface area is 109 Å². The first kappa shape index (κ1) is 11.3. The van der Waals surface area contributed by atoms with Gasteiger partial charge >= 0.3 is 0 Å². The maximum atomic E-state index is 11.4. The van der Waals surface area contributed by atoms with Gasteiger partial charge in [0.05, 0.1) is 0 Å². The van der Waals surface area contributed by atoms with Crippen molar-refractivity contribution >= 4 is 6.29 Å². The quantitative estimate of drug-likeness (QED) is 0.724. The van der Waals surface area contributed by atoms with Crippen LogP contribution in [-0.2, 0) is 0 Å². The molecule has 3 aromatic rings. The molecule has 0 aliphatic carbocycles. The standard InChI is InChI=1S/C14H10N4O/c19-9-13-11(10-5-2-1-3-6-10)7-4-8-12(13)14-15-17-18-16-14/h1-9H,(H,15,16,17,18).